The second kappa shape index (κ2) is 4.53. The third-order valence-electron chi connectivity index (χ3n) is 3.60. The van der Waals surface area contributed by atoms with E-state index in [1.54, 1.807) is 0 Å². The number of hydrogen-bond acceptors (Lipinski definition) is 2. The van der Waals surface area contributed by atoms with Gasteiger partial charge in [0, 0.05) is 12.0 Å². The van der Waals surface area contributed by atoms with E-state index >= 15 is 0 Å². The van der Waals surface area contributed by atoms with Crippen LogP contribution in [-0.2, 0) is 6.42 Å². The van der Waals surface area contributed by atoms with Crippen LogP contribution in [0.15, 0.2) is 10.5 Å². The molecule has 0 saturated carbocycles. The summed E-state index contributed by atoms with van der Waals surface area (Å²) in [5, 5.41) is 9.12. The van der Waals surface area contributed by atoms with Gasteiger partial charge in [-0.15, -0.1) is 0 Å². The normalized spacial score (nSPS) is 16.2. The average Bonchev–Trinajstić information content (AvgIpc) is 2.74. The lowest BCUT2D eigenvalue weighted by Crippen LogP contribution is -2.32. The molecular weight excluding hydrogens is 303 g/mol. The molecule has 3 nitrogen and oxygen atoms in total. The number of rotatable bonds is 3. The lowest BCUT2D eigenvalue weighted by Gasteiger charge is -2.25. The van der Waals surface area contributed by atoms with Crippen molar-refractivity contribution in [2.24, 2.45) is 0 Å². The fourth-order valence-electron chi connectivity index (χ4n) is 2.31. The van der Waals surface area contributed by atoms with Crippen molar-refractivity contribution in [3.05, 3.63) is 27.5 Å². The summed E-state index contributed by atoms with van der Waals surface area (Å²) in [5.74, 6) is -1.42. The third-order valence-corrected chi connectivity index (χ3v) is 4.46. The van der Waals surface area contributed by atoms with Crippen molar-refractivity contribution in [1.82, 2.24) is 0 Å². The van der Waals surface area contributed by atoms with E-state index in [-0.39, 0.29) is 5.56 Å². The van der Waals surface area contributed by atoms with Crippen molar-refractivity contribution in [3.63, 3.8) is 0 Å². The lowest BCUT2D eigenvalue weighted by molar-refractivity contribution is 0.0659. The van der Waals surface area contributed by atoms with Gasteiger partial charge in [0.2, 0.25) is 0 Å². The summed E-state index contributed by atoms with van der Waals surface area (Å²) < 4.78 is 19.8. The molecule has 1 aromatic rings. The average molecular weight is 317 g/mol. The Hall–Kier alpha value is -1.10. The minimum absolute atomic E-state index is 0.102. The molecule has 0 aromatic heterocycles. The predicted octanol–water partition coefficient (Wildman–Crippen LogP) is 3.78. The van der Waals surface area contributed by atoms with Crippen LogP contribution in [0.3, 0.4) is 0 Å². The zero-order valence-corrected chi connectivity index (χ0v) is 11.8. The molecule has 98 valence electrons. The Kier molecular flexibility index (Phi) is 3.36. The first-order chi connectivity index (χ1) is 8.44. The third kappa shape index (κ3) is 1.90. The number of hydrogen-bond donors (Lipinski definition) is 1. The molecule has 0 spiro atoms. The summed E-state index contributed by atoms with van der Waals surface area (Å²) in [6.07, 6.45) is 2.05. The van der Waals surface area contributed by atoms with E-state index in [1.807, 2.05) is 13.8 Å². The number of benzene rings is 1. The van der Waals surface area contributed by atoms with Crippen molar-refractivity contribution in [2.45, 2.75) is 38.7 Å². The van der Waals surface area contributed by atoms with E-state index in [2.05, 4.69) is 15.9 Å². The molecule has 0 fully saturated rings. The van der Waals surface area contributed by atoms with E-state index in [4.69, 9.17) is 9.84 Å². The highest BCUT2D eigenvalue weighted by Crippen LogP contribution is 2.45. The summed E-state index contributed by atoms with van der Waals surface area (Å²) in [6.45, 7) is 3.97. The first-order valence-electron chi connectivity index (χ1n) is 5.87. The largest absolute Gasteiger partial charge is 0.486 e. The molecule has 0 radical (unpaired) electrons. The molecule has 0 amide bonds. The Morgan fingerprint density at radius 2 is 2.17 bits per heavy atom. The van der Waals surface area contributed by atoms with Crippen molar-refractivity contribution in [3.8, 4) is 5.75 Å². The second-order valence-electron chi connectivity index (χ2n) is 4.50. The Bertz CT molecular complexity index is 509. The van der Waals surface area contributed by atoms with Gasteiger partial charge in [-0.25, -0.2) is 9.18 Å². The Balaban J connectivity index is 2.60. The molecule has 1 aromatic carbocycles. The summed E-state index contributed by atoms with van der Waals surface area (Å²) >= 11 is 3.18. The fraction of sp³-hybridized carbons (Fsp3) is 0.462. The van der Waals surface area contributed by atoms with Crippen LogP contribution in [0.5, 0.6) is 5.75 Å². The minimum Gasteiger partial charge on any atom is -0.486 e. The van der Waals surface area contributed by atoms with Crippen LogP contribution >= 0.6 is 15.9 Å². The van der Waals surface area contributed by atoms with Crippen LogP contribution in [0.4, 0.5) is 4.39 Å². The van der Waals surface area contributed by atoms with Crippen molar-refractivity contribution < 1.29 is 19.0 Å². The van der Waals surface area contributed by atoms with Crippen LogP contribution in [0.1, 0.15) is 42.6 Å². The number of fused-ring (bicyclic) bond motifs is 1. The molecule has 0 saturated heterocycles. The van der Waals surface area contributed by atoms with Gasteiger partial charge in [0.25, 0.3) is 0 Å². The van der Waals surface area contributed by atoms with E-state index in [9.17, 15) is 9.18 Å². The molecule has 1 heterocycles. The van der Waals surface area contributed by atoms with Crippen LogP contribution < -0.4 is 4.74 Å². The van der Waals surface area contributed by atoms with Crippen LogP contribution in [0.2, 0.25) is 0 Å². The molecule has 18 heavy (non-hydrogen) atoms. The SMILES string of the molecule is CCC1(CC)Cc2c(Br)c(F)cc(C(=O)O)c2O1. The molecule has 1 aliphatic heterocycles. The van der Waals surface area contributed by atoms with Gasteiger partial charge < -0.3 is 9.84 Å². The molecule has 5 heteroatoms. The van der Waals surface area contributed by atoms with E-state index in [1.165, 1.54) is 0 Å². The highest BCUT2D eigenvalue weighted by molar-refractivity contribution is 9.10. The number of carboxylic acid groups (broad SMARTS) is 1. The zero-order chi connectivity index (χ0) is 13.5. The van der Waals surface area contributed by atoms with Gasteiger partial charge >= 0.3 is 5.97 Å². The topological polar surface area (TPSA) is 46.5 Å². The van der Waals surface area contributed by atoms with Crippen LogP contribution in [0.25, 0.3) is 0 Å². The van der Waals surface area contributed by atoms with Crippen molar-refractivity contribution in [1.29, 1.82) is 0 Å². The first kappa shape index (κ1) is 13.3. The number of ether oxygens (including phenoxy) is 1. The molecule has 1 N–H and O–H groups in total. The molecule has 0 atom stereocenters. The number of aromatic carboxylic acids is 1. The smallest absolute Gasteiger partial charge is 0.339 e. The summed E-state index contributed by atoms with van der Waals surface area (Å²) in [4.78, 5) is 11.1. The van der Waals surface area contributed by atoms with Gasteiger partial charge in [-0.3, -0.25) is 0 Å². The maximum Gasteiger partial charge on any atom is 0.339 e. The highest BCUT2D eigenvalue weighted by atomic mass is 79.9. The highest BCUT2D eigenvalue weighted by Gasteiger charge is 2.40. The minimum atomic E-state index is -1.17. The zero-order valence-electron chi connectivity index (χ0n) is 10.2. The van der Waals surface area contributed by atoms with Crippen LogP contribution in [0, 0.1) is 5.82 Å². The van der Waals surface area contributed by atoms with Gasteiger partial charge in [0.05, 0.1) is 4.47 Å². The molecule has 1 aliphatic rings. The standard InChI is InChI=1S/C13H14BrFO3/c1-3-13(4-2)6-8-10(14)9(15)5-7(12(16)17)11(8)18-13/h5H,3-4,6H2,1-2H3,(H,16,17). The van der Waals surface area contributed by atoms with Gasteiger partial charge in [-0.2, -0.15) is 0 Å². The first-order valence-corrected chi connectivity index (χ1v) is 6.66. The number of halogens is 2. The van der Waals surface area contributed by atoms with E-state index in [0.29, 0.717) is 22.2 Å². The van der Waals surface area contributed by atoms with E-state index < -0.39 is 17.4 Å². The molecule has 0 aliphatic carbocycles. The maximum atomic E-state index is 13.7. The lowest BCUT2D eigenvalue weighted by atomic mass is 9.91. The molecule has 2 rings (SSSR count). The molecular formula is C13H14BrFO3. The molecule has 0 unspecified atom stereocenters. The van der Waals surface area contributed by atoms with Gasteiger partial charge in [-0.05, 0) is 34.8 Å². The number of carbonyl (C=O) groups is 1. The molecule has 0 bridgehead atoms. The van der Waals surface area contributed by atoms with Crippen molar-refractivity contribution >= 4 is 21.9 Å². The predicted molar refractivity (Wildman–Crippen MR) is 68.7 cm³/mol. The second-order valence-corrected chi connectivity index (χ2v) is 5.29. The summed E-state index contributed by atoms with van der Waals surface area (Å²) in [6, 6.07) is 1.01. The fourth-order valence-corrected chi connectivity index (χ4v) is 2.75. The Labute approximate surface area is 113 Å². The Morgan fingerprint density at radius 3 is 2.67 bits per heavy atom. The summed E-state index contributed by atoms with van der Waals surface area (Å²) in [5.41, 5.74) is 0.105. The monoisotopic (exact) mass is 316 g/mol. The Morgan fingerprint density at radius 1 is 1.56 bits per heavy atom. The van der Waals surface area contributed by atoms with Gasteiger partial charge in [0.1, 0.15) is 22.7 Å². The van der Waals surface area contributed by atoms with Crippen molar-refractivity contribution in [2.75, 3.05) is 0 Å². The van der Waals surface area contributed by atoms with Crippen LogP contribution in [-0.4, -0.2) is 16.7 Å². The van der Waals surface area contributed by atoms with E-state index in [0.717, 1.165) is 18.9 Å². The summed E-state index contributed by atoms with van der Waals surface area (Å²) in [7, 11) is 0. The number of carboxylic acids is 1. The maximum absolute atomic E-state index is 13.7. The van der Waals surface area contributed by atoms with Gasteiger partial charge in [0.15, 0.2) is 0 Å². The quantitative estimate of drug-likeness (QED) is 0.923. The van der Waals surface area contributed by atoms with Gasteiger partial charge in [-0.1, -0.05) is 13.8 Å².